The van der Waals surface area contributed by atoms with Crippen LogP contribution in [-0.4, -0.2) is 268 Å². The van der Waals surface area contributed by atoms with Gasteiger partial charge < -0.3 is 153 Å². The van der Waals surface area contributed by atoms with Gasteiger partial charge in [-0.25, -0.2) is 9.78 Å². The van der Waals surface area contributed by atoms with Crippen LogP contribution >= 0.6 is 25.3 Å². The number of benzene rings is 1. The lowest BCUT2D eigenvalue weighted by molar-refractivity contribution is -0.142. The Kier molecular flexibility index (Phi) is 51.4. The number of carbonyl (C=O) groups excluding carboxylic acids is 12. The third-order valence-electron chi connectivity index (χ3n) is 18.2. The number of phenols is 1. The van der Waals surface area contributed by atoms with E-state index in [1.165, 1.54) is 36.8 Å². The fourth-order valence-corrected chi connectivity index (χ4v) is 12.2. The lowest BCUT2D eigenvalue weighted by Crippen LogP contribution is -2.61. The van der Waals surface area contributed by atoms with E-state index in [4.69, 9.17) is 68.8 Å². The van der Waals surface area contributed by atoms with E-state index in [2.05, 4.69) is 119 Å². The maximum Gasteiger partial charge on any atom is 0.326 e. The number of carboxylic acid groups (broad SMARTS) is 1. The second-order valence-corrected chi connectivity index (χ2v) is 29.4. The van der Waals surface area contributed by atoms with Gasteiger partial charge in [0.1, 0.15) is 78.3 Å². The standard InChI is InChI=1S/C72H128N30O16S2/c1-39(2)31-50(97-67(116)55(37-120)102-60(109)46(16-5-8-26-75)94-63(112)51(32-40-20-22-42(104)23-21-40)98-65(114)53(35-103)100-59(108)44(14-3-6-24-73)91-56(105)43(76)13-9-27-86-69(77)78)62(111)99-52(33-41-34-85-38-90-41)64(113)95-45(15-4-7-25-74)57(106)92-47(17-10-28-87-70(79)80)58(107)93-48(18-11-29-88-71(81)82)61(110)101-54(36-119)66(115)96-49(68(117)118)19-12-30-89-72(83)84/h20-23,34,38-39,43-55,103-104,119-120H,3-19,24-33,35-37,73-76H2,1-2H3,(H,85,90)(H,91,105)(H,92,106)(H,93,107)(H,94,112)(H,95,113)(H,96,115)(H,97,116)(H,98,114)(H,99,111)(H,100,108)(H,101,110)(H,102,109)(H,117,118)(H4,77,78,86)(H4,79,80,87)(H4,81,82,88)(H4,83,84,89)/t43-,44-,45-,46-,47-,48-,49-,50-,51-,52-,53-,54-,55-/m0/s1. The third kappa shape index (κ3) is 43.1. The van der Waals surface area contributed by atoms with Gasteiger partial charge in [-0.1, -0.05) is 26.0 Å². The minimum Gasteiger partial charge on any atom is -0.508 e. The van der Waals surface area contributed by atoms with E-state index in [1.807, 2.05) is 0 Å². The Labute approximate surface area is 707 Å². The van der Waals surface area contributed by atoms with E-state index in [0.717, 1.165) is 0 Å². The number of nitrogens with two attached hydrogens (primary N) is 12. The van der Waals surface area contributed by atoms with Crippen molar-refractivity contribution in [2.75, 3.05) is 63.9 Å². The number of guanidine groups is 4. The molecular formula is C72H128N30O16S2. The fourth-order valence-electron chi connectivity index (χ4n) is 11.7. The average Bonchev–Trinajstić information content (AvgIpc) is 0.890. The zero-order chi connectivity index (χ0) is 89.8. The van der Waals surface area contributed by atoms with Crippen molar-refractivity contribution in [2.24, 2.45) is 94.7 Å². The molecule has 0 radical (unpaired) electrons. The van der Waals surface area contributed by atoms with Crippen LogP contribution in [0.25, 0.3) is 0 Å². The Balaban J connectivity index is 2.59. The number of unbranched alkanes of at least 4 members (excludes halogenated alkanes) is 3. The molecule has 0 unspecified atom stereocenters. The van der Waals surface area contributed by atoms with Crippen molar-refractivity contribution < 1.29 is 77.6 Å². The average molecular weight is 1730 g/mol. The summed E-state index contributed by atoms with van der Waals surface area (Å²) in [5, 5.41) is 61.6. The van der Waals surface area contributed by atoms with Crippen molar-refractivity contribution in [2.45, 2.75) is 221 Å². The normalized spacial score (nSPS) is 14.3. The van der Waals surface area contributed by atoms with E-state index in [9.17, 15) is 77.6 Å². The van der Waals surface area contributed by atoms with Crippen molar-refractivity contribution >= 4 is 126 Å². The van der Waals surface area contributed by atoms with Crippen LogP contribution in [0.3, 0.4) is 0 Å². The maximum absolute atomic E-state index is 14.9. The number of carboxylic acids is 1. The summed E-state index contributed by atoms with van der Waals surface area (Å²) >= 11 is 8.61. The van der Waals surface area contributed by atoms with Crippen molar-refractivity contribution in [3.8, 4) is 5.75 Å². The van der Waals surface area contributed by atoms with Crippen LogP contribution in [0.1, 0.15) is 141 Å². The van der Waals surface area contributed by atoms with Crippen molar-refractivity contribution in [1.82, 2.24) is 73.8 Å². The molecule has 13 atom stereocenters. The van der Waals surface area contributed by atoms with Gasteiger partial charge in [0.2, 0.25) is 70.9 Å². The number of phenolic OH excluding ortho intramolecular Hbond substituents is 1. The molecule has 48 heteroatoms. The molecule has 40 N–H and O–H groups in total. The molecule has 1 aromatic heterocycles. The summed E-state index contributed by atoms with van der Waals surface area (Å²) in [5.41, 5.74) is 68.1. The van der Waals surface area contributed by atoms with Crippen molar-refractivity contribution in [1.29, 1.82) is 0 Å². The minimum absolute atomic E-state index is 0.0355. The van der Waals surface area contributed by atoms with Crippen LogP contribution in [0.2, 0.25) is 0 Å². The first-order chi connectivity index (χ1) is 57.0. The molecular weight excluding hydrogens is 1610 g/mol. The van der Waals surface area contributed by atoms with Crippen molar-refractivity contribution in [3.05, 3.63) is 48.0 Å². The number of aromatic hydroxyl groups is 1. The number of hydrogen-bond donors (Lipinski definition) is 30. The van der Waals surface area contributed by atoms with Crippen LogP contribution in [0.15, 0.2) is 56.8 Å². The quantitative estimate of drug-likeness (QED) is 0.0127. The van der Waals surface area contributed by atoms with Gasteiger partial charge >= 0.3 is 5.97 Å². The number of nitrogens with zero attached hydrogens (tertiary/aromatic N) is 5. The smallest absolute Gasteiger partial charge is 0.326 e. The number of imidazole rings is 1. The lowest BCUT2D eigenvalue weighted by atomic mass is 10.0. The molecule has 0 saturated heterocycles. The molecule has 0 fully saturated rings. The maximum atomic E-state index is 14.9. The molecule has 2 rings (SSSR count). The molecule has 46 nitrogen and oxygen atoms in total. The van der Waals surface area contributed by atoms with Gasteiger partial charge in [-0.15, -0.1) is 0 Å². The highest BCUT2D eigenvalue weighted by Crippen LogP contribution is 2.16. The summed E-state index contributed by atoms with van der Waals surface area (Å²) in [6, 6.07) is -13.5. The number of aliphatic imine (C=N–C) groups is 4. The summed E-state index contributed by atoms with van der Waals surface area (Å²) in [6.07, 6.45) is 4.07. The predicted octanol–water partition coefficient (Wildman–Crippen LogP) is -9.37. The molecule has 1 heterocycles. The number of nitrogens with one attached hydrogen (secondary N) is 13. The van der Waals surface area contributed by atoms with Gasteiger partial charge in [0.25, 0.3) is 0 Å². The summed E-state index contributed by atoms with van der Waals surface area (Å²) in [4.78, 5) is 207. The summed E-state index contributed by atoms with van der Waals surface area (Å²) in [5.74, 6) is -14.7. The largest absolute Gasteiger partial charge is 0.508 e. The fraction of sp³-hybridized carbons (Fsp3) is 0.639. The molecule has 0 aliphatic heterocycles. The highest BCUT2D eigenvalue weighted by Gasteiger charge is 2.38. The Morgan fingerprint density at radius 1 is 0.392 bits per heavy atom. The number of thiol groups is 2. The molecule has 0 saturated carbocycles. The zero-order valence-electron chi connectivity index (χ0n) is 68.0. The van der Waals surface area contributed by atoms with Gasteiger partial charge in [-0.3, -0.25) is 77.5 Å². The molecule has 12 amide bonds. The summed E-state index contributed by atoms with van der Waals surface area (Å²) in [6.45, 7) is 3.18. The van der Waals surface area contributed by atoms with Crippen molar-refractivity contribution in [3.63, 3.8) is 0 Å². The van der Waals surface area contributed by atoms with Gasteiger partial charge in [0, 0.05) is 62.4 Å². The van der Waals surface area contributed by atoms with Crippen LogP contribution in [0, 0.1) is 5.92 Å². The Hall–Kier alpha value is -11.1. The van der Waals surface area contributed by atoms with E-state index in [0.29, 0.717) is 43.4 Å². The molecule has 0 aliphatic rings. The Morgan fingerprint density at radius 2 is 0.683 bits per heavy atom. The first kappa shape index (κ1) is 105. The van der Waals surface area contributed by atoms with E-state index < -0.39 is 168 Å². The number of aliphatic hydroxyl groups excluding tert-OH is 1. The predicted molar refractivity (Wildman–Crippen MR) is 455 cm³/mol. The minimum atomic E-state index is -1.73. The Morgan fingerprint density at radius 3 is 1.02 bits per heavy atom. The summed E-state index contributed by atoms with van der Waals surface area (Å²) < 4.78 is 0. The molecule has 0 aliphatic carbocycles. The number of aliphatic hydroxyl groups is 1. The number of amides is 12. The molecule has 1 aromatic carbocycles. The molecule has 2 aromatic rings. The first-order valence-electron chi connectivity index (χ1n) is 39.5. The number of rotatable bonds is 62. The van der Waals surface area contributed by atoms with Crippen LogP contribution in [0.4, 0.5) is 0 Å². The first-order valence-corrected chi connectivity index (χ1v) is 40.8. The van der Waals surface area contributed by atoms with E-state index >= 15 is 0 Å². The van der Waals surface area contributed by atoms with E-state index in [1.54, 1.807) is 13.8 Å². The number of carbonyl (C=O) groups is 13. The van der Waals surface area contributed by atoms with Crippen LogP contribution in [-0.2, 0) is 75.2 Å². The third-order valence-corrected chi connectivity index (χ3v) is 18.9. The summed E-state index contributed by atoms with van der Waals surface area (Å²) in [7, 11) is 0. The number of hydrogen-bond acceptors (Lipinski definition) is 26. The van der Waals surface area contributed by atoms with Crippen LogP contribution < -0.4 is 133 Å². The van der Waals surface area contributed by atoms with Gasteiger partial charge in [0.05, 0.1) is 19.0 Å². The lowest BCUT2D eigenvalue weighted by Gasteiger charge is -2.29. The van der Waals surface area contributed by atoms with Gasteiger partial charge in [-0.2, -0.15) is 25.3 Å². The number of H-pyrrole nitrogens is 1. The van der Waals surface area contributed by atoms with Gasteiger partial charge in [-0.05, 0) is 159 Å². The second-order valence-electron chi connectivity index (χ2n) is 28.7. The van der Waals surface area contributed by atoms with E-state index in [-0.39, 0.29) is 183 Å². The highest BCUT2D eigenvalue weighted by molar-refractivity contribution is 7.80. The molecule has 120 heavy (non-hydrogen) atoms. The topological polar surface area (TPSA) is 817 Å². The molecule has 0 bridgehead atoms. The monoisotopic (exact) mass is 1730 g/mol. The zero-order valence-corrected chi connectivity index (χ0v) is 69.8. The number of aromatic amines is 1. The molecule has 0 spiro atoms. The highest BCUT2D eigenvalue weighted by atomic mass is 32.1. The SMILES string of the molecule is CC(C)C[C@H](NC(=O)[C@H](CS)NC(=O)[C@H](CCCCN)NC(=O)[C@H](Cc1ccc(O)cc1)NC(=O)[C@H](CO)NC(=O)[C@H](CCCCN)NC(=O)[C@@H](N)CCCN=C(N)N)C(=O)N[C@@H](Cc1cnc[nH]1)C(=O)N[C@@H](CCCCN)C(=O)N[C@@H](CCCN=C(N)N)C(=O)N[C@@H](CCCN=C(N)N)C(=O)N[C@@H](CS)C(=O)N[C@@H](CCCN=C(N)N)C(=O)O. The number of aromatic nitrogens is 2. The second kappa shape index (κ2) is 58.7. The molecule has 674 valence electrons. The Bertz CT molecular complexity index is 3660. The van der Waals surface area contributed by atoms with Gasteiger partial charge in [0.15, 0.2) is 23.8 Å². The van der Waals surface area contributed by atoms with Crippen LogP contribution in [0.5, 0.6) is 5.75 Å². The number of aliphatic carboxylic acids is 1.